The van der Waals surface area contributed by atoms with Gasteiger partial charge in [-0.15, -0.1) is 0 Å². The Hall–Kier alpha value is -0.570. The largest absolute Gasteiger partial charge is 0.368 e. The molecule has 0 aromatic heterocycles. The summed E-state index contributed by atoms with van der Waals surface area (Å²) in [4.78, 5) is 10.8. The second kappa shape index (κ2) is 3.90. The Labute approximate surface area is 74.5 Å². The lowest BCUT2D eigenvalue weighted by Crippen LogP contribution is -2.48. The van der Waals surface area contributed by atoms with E-state index in [1.807, 2.05) is 13.8 Å². The van der Waals surface area contributed by atoms with Crippen molar-refractivity contribution in [3.05, 3.63) is 0 Å². The van der Waals surface area contributed by atoms with Crippen molar-refractivity contribution in [2.24, 2.45) is 22.8 Å². The smallest absolute Gasteiger partial charge is 0.234 e. The zero-order valence-corrected chi connectivity index (χ0v) is 8.42. The van der Waals surface area contributed by atoms with Crippen LogP contribution in [-0.2, 0) is 4.79 Å². The SMILES string of the molecule is CC(C)CC(C)(C)C(N)C(N)=O. The highest BCUT2D eigenvalue weighted by Gasteiger charge is 2.30. The van der Waals surface area contributed by atoms with Crippen molar-refractivity contribution in [3.63, 3.8) is 0 Å². The number of primary amides is 1. The third-order valence-corrected chi connectivity index (χ3v) is 2.08. The van der Waals surface area contributed by atoms with E-state index < -0.39 is 11.9 Å². The van der Waals surface area contributed by atoms with E-state index in [4.69, 9.17) is 11.5 Å². The summed E-state index contributed by atoms with van der Waals surface area (Å²) in [5.74, 6) is 0.117. The zero-order valence-electron chi connectivity index (χ0n) is 8.42. The maximum atomic E-state index is 10.8. The van der Waals surface area contributed by atoms with Crippen molar-refractivity contribution in [3.8, 4) is 0 Å². The predicted molar refractivity (Wildman–Crippen MR) is 50.4 cm³/mol. The van der Waals surface area contributed by atoms with Gasteiger partial charge in [0.05, 0.1) is 6.04 Å². The van der Waals surface area contributed by atoms with Gasteiger partial charge in [0.2, 0.25) is 5.91 Å². The lowest BCUT2D eigenvalue weighted by atomic mass is 9.77. The predicted octanol–water partition coefficient (Wildman–Crippen LogP) is 0.871. The first-order valence-corrected chi connectivity index (χ1v) is 4.32. The molecule has 1 unspecified atom stereocenters. The Morgan fingerprint density at radius 2 is 1.83 bits per heavy atom. The first-order valence-electron chi connectivity index (χ1n) is 4.32. The van der Waals surface area contributed by atoms with Gasteiger partial charge in [0.25, 0.3) is 0 Å². The summed E-state index contributed by atoms with van der Waals surface area (Å²) in [7, 11) is 0. The zero-order chi connectivity index (χ0) is 9.94. The van der Waals surface area contributed by atoms with E-state index in [9.17, 15) is 4.79 Å². The van der Waals surface area contributed by atoms with Crippen molar-refractivity contribution >= 4 is 5.91 Å². The summed E-state index contributed by atoms with van der Waals surface area (Å²) in [6.45, 7) is 8.16. The van der Waals surface area contributed by atoms with Gasteiger partial charge in [0.15, 0.2) is 0 Å². The number of carbonyl (C=O) groups is 1. The molecule has 0 aliphatic heterocycles. The molecule has 0 saturated carbocycles. The van der Waals surface area contributed by atoms with Crippen LogP contribution in [0.1, 0.15) is 34.1 Å². The molecule has 0 saturated heterocycles. The summed E-state index contributed by atoms with van der Waals surface area (Å²) in [5.41, 5.74) is 10.6. The van der Waals surface area contributed by atoms with Crippen LogP contribution < -0.4 is 11.5 Å². The minimum absolute atomic E-state index is 0.194. The molecule has 4 N–H and O–H groups in total. The van der Waals surface area contributed by atoms with Crippen molar-refractivity contribution in [2.75, 3.05) is 0 Å². The summed E-state index contributed by atoms with van der Waals surface area (Å²) < 4.78 is 0. The van der Waals surface area contributed by atoms with Gasteiger partial charge in [0, 0.05) is 0 Å². The molecule has 12 heavy (non-hydrogen) atoms. The topological polar surface area (TPSA) is 69.1 Å². The molecule has 0 fully saturated rings. The van der Waals surface area contributed by atoms with Gasteiger partial charge >= 0.3 is 0 Å². The Balaban J connectivity index is 4.28. The Morgan fingerprint density at radius 1 is 1.42 bits per heavy atom. The van der Waals surface area contributed by atoms with Gasteiger partial charge in [-0.05, 0) is 17.8 Å². The second-order valence-corrected chi connectivity index (χ2v) is 4.47. The molecule has 1 atom stereocenters. The van der Waals surface area contributed by atoms with Crippen molar-refractivity contribution < 1.29 is 4.79 Å². The molecule has 3 heteroatoms. The molecule has 0 aliphatic rings. The minimum atomic E-state index is -0.542. The van der Waals surface area contributed by atoms with Crippen LogP contribution in [-0.4, -0.2) is 11.9 Å². The van der Waals surface area contributed by atoms with Crippen molar-refractivity contribution in [1.82, 2.24) is 0 Å². The fraction of sp³-hybridized carbons (Fsp3) is 0.889. The number of hydrogen-bond acceptors (Lipinski definition) is 2. The number of hydrogen-bond donors (Lipinski definition) is 2. The minimum Gasteiger partial charge on any atom is -0.368 e. The Morgan fingerprint density at radius 3 is 2.08 bits per heavy atom. The molecule has 0 rings (SSSR count). The van der Waals surface area contributed by atoms with Gasteiger partial charge in [-0.3, -0.25) is 4.79 Å². The average Bonchev–Trinajstić information content (AvgIpc) is 1.82. The average molecular weight is 172 g/mol. The number of nitrogens with two attached hydrogens (primary N) is 2. The molecular formula is C9H20N2O. The maximum Gasteiger partial charge on any atom is 0.234 e. The highest BCUT2D eigenvalue weighted by Crippen LogP contribution is 2.27. The van der Waals surface area contributed by atoms with Gasteiger partial charge < -0.3 is 11.5 Å². The molecule has 0 aromatic rings. The highest BCUT2D eigenvalue weighted by molar-refractivity contribution is 5.80. The van der Waals surface area contributed by atoms with Gasteiger partial charge in [-0.25, -0.2) is 0 Å². The van der Waals surface area contributed by atoms with E-state index in [1.165, 1.54) is 0 Å². The third kappa shape index (κ3) is 3.22. The van der Waals surface area contributed by atoms with Crippen LogP contribution in [0.2, 0.25) is 0 Å². The maximum absolute atomic E-state index is 10.8. The van der Waals surface area contributed by atoms with Crippen molar-refractivity contribution in [1.29, 1.82) is 0 Å². The molecule has 0 bridgehead atoms. The van der Waals surface area contributed by atoms with Gasteiger partial charge in [0.1, 0.15) is 0 Å². The molecule has 3 nitrogen and oxygen atoms in total. The van der Waals surface area contributed by atoms with Crippen LogP contribution in [0.3, 0.4) is 0 Å². The monoisotopic (exact) mass is 172 g/mol. The molecular weight excluding hydrogens is 152 g/mol. The van der Waals surface area contributed by atoms with Crippen LogP contribution in [0, 0.1) is 11.3 Å². The summed E-state index contributed by atoms with van der Waals surface area (Å²) in [6.07, 6.45) is 0.914. The molecule has 0 spiro atoms. The lowest BCUT2D eigenvalue weighted by Gasteiger charge is -2.30. The number of rotatable bonds is 4. The van der Waals surface area contributed by atoms with E-state index in [2.05, 4.69) is 13.8 Å². The van der Waals surface area contributed by atoms with Gasteiger partial charge in [-0.2, -0.15) is 0 Å². The number of amides is 1. The van der Waals surface area contributed by atoms with Crippen LogP contribution in [0.5, 0.6) is 0 Å². The van der Waals surface area contributed by atoms with Gasteiger partial charge in [-0.1, -0.05) is 27.7 Å². The van der Waals surface area contributed by atoms with Crippen molar-refractivity contribution in [2.45, 2.75) is 40.2 Å². The molecule has 1 amide bonds. The highest BCUT2D eigenvalue weighted by atomic mass is 16.1. The first kappa shape index (κ1) is 11.4. The van der Waals surface area contributed by atoms with Crippen LogP contribution in [0.25, 0.3) is 0 Å². The van der Waals surface area contributed by atoms with Crippen LogP contribution in [0.15, 0.2) is 0 Å². The van der Waals surface area contributed by atoms with Crippen LogP contribution in [0.4, 0.5) is 0 Å². The first-order chi connectivity index (χ1) is 5.27. The van der Waals surface area contributed by atoms with Crippen LogP contribution >= 0.6 is 0 Å². The van der Waals surface area contributed by atoms with E-state index in [0.29, 0.717) is 5.92 Å². The summed E-state index contributed by atoms with van der Waals surface area (Å²) >= 11 is 0. The standard InChI is InChI=1S/C9H20N2O/c1-6(2)5-9(3,4)7(10)8(11)12/h6-7H,5,10H2,1-4H3,(H2,11,12). The normalized spacial score (nSPS) is 14.8. The van der Waals surface area contributed by atoms with E-state index in [1.54, 1.807) is 0 Å². The molecule has 0 heterocycles. The molecule has 0 radical (unpaired) electrons. The fourth-order valence-corrected chi connectivity index (χ4v) is 1.56. The summed E-state index contributed by atoms with van der Waals surface area (Å²) in [5, 5.41) is 0. The Bertz CT molecular complexity index is 164. The third-order valence-electron chi connectivity index (χ3n) is 2.08. The molecule has 0 aromatic carbocycles. The molecule has 72 valence electrons. The lowest BCUT2D eigenvalue weighted by molar-refractivity contribution is -0.121. The van der Waals surface area contributed by atoms with E-state index in [0.717, 1.165) is 6.42 Å². The fourth-order valence-electron chi connectivity index (χ4n) is 1.56. The van der Waals surface area contributed by atoms with E-state index >= 15 is 0 Å². The number of carbonyl (C=O) groups excluding carboxylic acids is 1. The Kier molecular flexibility index (Phi) is 3.71. The summed E-state index contributed by atoms with van der Waals surface area (Å²) in [6, 6.07) is -0.542. The second-order valence-electron chi connectivity index (χ2n) is 4.47. The quantitative estimate of drug-likeness (QED) is 0.660. The molecule has 0 aliphatic carbocycles. The van der Waals surface area contributed by atoms with E-state index in [-0.39, 0.29) is 5.41 Å².